The highest BCUT2D eigenvalue weighted by Crippen LogP contribution is 2.34. The lowest BCUT2D eigenvalue weighted by atomic mass is 10.2. The van der Waals surface area contributed by atoms with Crippen molar-refractivity contribution in [3.8, 4) is 0 Å². The number of hydrogen-bond acceptors (Lipinski definition) is 4. The first-order chi connectivity index (χ1) is 5.41. The van der Waals surface area contributed by atoms with Crippen LogP contribution < -0.4 is 22.9 Å². The molecule has 1 rings (SSSR count). The van der Waals surface area contributed by atoms with E-state index in [0.29, 0.717) is 10.8 Å². The van der Waals surface area contributed by atoms with Gasteiger partial charge in [0.15, 0.2) is 0 Å². The molecule has 0 radical (unpaired) electrons. The van der Waals surface area contributed by atoms with Gasteiger partial charge >= 0.3 is 0 Å². The Hall–Kier alpha value is -0.100. The first-order valence-electron chi connectivity index (χ1n) is 3.20. The predicted octanol–water partition coefficient (Wildman–Crippen LogP) is 0.894. The van der Waals surface area contributed by atoms with E-state index in [4.69, 9.17) is 22.9 Å². The molecule has 0 fully saturated rings. The molecule has 1 aromatic heterocycles. The summed E-state index contributed by atoms with van der Waals surface area (Å²) in [5.74, 6) is 0. The van der Waals surface area contributed by atoms with Gasteiger partial charge in [0.2, 0.25) is 0 Å². The third kappa shape index (κ3) is 2.20. The Kier molecular flexibility index (Phi) is 2.77. The number of alkyl halides is 1. The third-order valence-corrected chi connectivity index (χ3v) is 2.83. The maximum atomic E-state index is 5.71. The van der Waals surface area contributed by atoms with E-state index in [0.717, 1.165) is 13.8 Å². The SMILES string of the molecule is Nc1ccc(C(N)(N)I)c(N)p1. The lowest BCUT2D eigenvalue weighted by Crippen LogP contribution is -2.39. The summed E-state index contributed by atoms with van der Waals surface area (Å²) < 4.78 is -0.911. The minimum Gasteiger partial charge on any atom is -0.395 e. The summed E-state index contributed by atoms with van der Waals surface area (Å²) >= 11 is 1.93. The summed E-state index contributed by atoms with van der Waals surface area (Å²) in [6.07, 6.45) is 0. The molecule has 0 saturated carbocycles. The summed E-state index contributed by atoms with van der Waals surface area (Å²) in [6.45, 7) is 0. The fourth-order valence-corrected chi connectivity index (χ4v) is 2.31. The summed E-state index contributed by atoms with van der Waals surface area (Å²) in [4.78, 5) is 0. The maximum absolute atomic E-state index is 5.71. The lowest BCUT2D eigenvalue weighted by Gasteiger charge is -2.18. The van der Waals surface area contributed by atoms with E-state index < -0.39 is 3.67 Å². The van der Waals surface area contributed by atoms with Crippen molar-refractivity contribution in [3.05, 3.63) is 17.7 Å². The molecule has 8 N–H and O–H groups in total. The van der Waals surface area contributed by atoms with E-state index in [2.05, 4.69) is 0 Å². The van der Waals surface area contributed by atoms with Gasteiger partial charge < -0.3 is 22.9 Å². The van der Waals surface area contributed by atoms with Crippen LogP contribution in [-0.4, -0.2) is 0 Å². The van der Waals surface area contributed by atoms with Gasteiger partial charge in [-0.05, 0) is 36.8 Å². The summed E-state index contributed by atoms with van der Waals surface area (Å²) in [5, 5.41) is 0. The van der Waals surface area contributed by atoms with Gasteiger partial charge in [-0.2, -0.15) is 0 Å². The quantitative estimate of drug-likeness (QED) is 0.267. The molecule has 0 atom stereocenters. The molecule has 0 bridgehead atoms. The zero-order chi connectivity index (χ0) is 9.35. The maximum Gasteiger partial charge on any atom is 0.146 e. The van der Waals surface area contributed by atoms with E-state index in [1.165, 1.54) is 0 Å². The molecule has 0 aliphatic carbocycles. The largest absolute Gasteiger partial charge is 0.395 e. The van der Waals surface area contributed by atoms with E-state index in [9.17, 15) is 0 Å². The van der Waals surface area contributed by atoms with Crippen LogP contribution in [-0.2, 0) is 3.67 Å². The van der Waals surface area contributed by atoms with Crippen LogP contribution in [0.4, 0.5) is 10.8 Å². The fourth-order valence-electron chi connectivity index (χ4n) is 0.815. The zero-order valence-corrected chi connectivity index (χ0v) is 9.34. The zero-order valence-electron chi connectivity index (χ0n) is 6.29. The molecule has 0 spiro atoms. The van der Waals surface area contributed by atoms with Crippen molar-refractivity contribution in [1.29, 1.82) is 0 Å². The van der Waals surface area contributed by atoms with Gasteiger partial charge in [0.1, 0.15) is 3.67 Å². The summed E-state index contributed by atoms with van der Waals surface area (Å²) in [6, 6.07) is 3.52. The van der Waals surface area contributed by atoms with Crippen LogP contribution in [0.3, 0.4) is 0 Å². The van der Waals surface area contributed by atoms with Crippen molar-refractivity contribution in [1.82, 2.24) is 0 Å². The van der Waals surface area contributed by atoms with Gasteiger partial charge in [-0.3, -0.25) is 0 Å². The fraction of sp³-hybridized carbons (Fsp3) is 0.167. The number of halogens is 1. The van der Waals surface area contributed by atoms with E-state index in [-0.39, 0.29) is 0 Å². The third-order valence-electron chi connectivity index (χ3n) is 1.36. The smallest absolute Gasteiger partial charge is 0.146 e. The monoisotopic (exact) mass is 296 g/mol. The van der Waals surface area contributed by atoms with E-state index in [1.54, 1.807) is 12.1 Å². The second-order valence-electron chi connectivity index (χ2n) is 2.44. The predicted molar refractivity (Wildman–Crippen MR) is 61.9 cm³/mol. The van der Waals surface area contributed by atoms with Crippen molar-refractivity contribution in [3.63, 3.8) is 0 Å². The minimum atomic E-state index is -0.911. The lowest BCUT2D eigenvalue weighted by molar-refractivity contribution is 0.741. The van der Waals surface area contributed by atoms with Gasteiger partial charge in [-0.25, -0.2) is 0 Å². The van der Waals surface area contributed by atoms with Crippen LogP contribution >= 0.6 is 30.8 Å². The number of hydrogen-bond donors (Lipinski definition) is 4. The van der Waals surface area contributed by atoms with Gasteiger partial charge in [0.05, 0.1) is 10.8 Å². The van der Waals surface area contributed by atoms with Crippen LogP contribution in [0.2, 0.25) is 0 Å². The second-order valence-corrected chi connectivity index (χ2v) is 5.44. The summed E-state index contributed by atoms with van der Waals surface area (Å²) in [5.41, 5.74) is 24.6. The highest BCUT2D eigenvalue weighted by atomic mass is 127. The van der Waals surface area contributed by atoms with Gasteiger partial charge in [-0.1, -0.05) is 6.07 Å². The van der Waals surface area contributed by atoms with Crippen LogP contribution in [0.5, 0.6) is 0 Å². The molecule has 0 aliphatic rings. The Labute approximate surface area is 85.9 Å². The van der Waals surface area contributed by atoms with Crippen molar-refractivity contribution >= 4 is 41.6 Å². The minimum absolute atomic E-state index is 0.620. The second kappa shape index (κ2) is 3.33. The molecule has 66 valence electrons. The van der Waals surface area contributed by atoms with Crippen LogP contribution in [0, 0.1) is 0 Å². The van der Waals surface area contributed by atoms with Crippen molar-refractivity contribution in [2.75, 3.05) is 11.5 Å². The molecule has 1 heterocycles. The standard InChI is InChI=1S/C6H10IN4P/c7-6(10,11)3-1-2-4(8)12-5(3)9/h1-2H,8-11H2. The highest BCUT2D eigenvalue weighted by Gasteiger charge is 2.19. The summed E-state index contributed by atoms with van der Waals surface area (Å²) in [7, 11) is 0.790. The van der Waals surface area contributed by atoms with Crippen molar-refractivity contribution in [2.45, 2.75) is 3.67 Å². The van der Waals surface area contributed by atoms with Crippen LogP contribution in [0.1, 0.15) is 5.56 Å². The number of nitrogens with two attached hydrogens (primary N) is 4. The van der Waals surface area contributed by atoms with Crippen molar-refractivity contribution in [2.24, 2.45) is 11.5 Å². The molecule has 6 heteroatoms. The number of nitrogen functional groups attached to an aromatic ring is 2. The Bertz CT molecular complexity index is 296. The average Bonchev–Trinajstić information content (AvgIpc) is 1.83. The Morgan fingerprint density at radius 2 is 1.83 bits per heavy atom. The number of anilines is 2. The normalized spacial score (nSPS) is 12.2. The number of rotatable bonds is 1. The Morgan fingerprint density at radius 3 is 2.25 bits per heavy atom. The molecule has 0 saturated heterocycles. The van der Waals surface area contributed by atoms with Crippen molar-refractivity contribution < 1.29 is 0 Å². The van der Waals surface area contributed by atoms with E-state index >= 15 is 0 Å². The molecule has 12 heavy (non-hydrogen) atoms. The van der Waals surface area contributed by atoms with E-state index in [1.807, 2.05) is 22.6 Å². The topological polar surface area (TPSA) is 104 Å². The first kappa shape index (κ1) is 9.98. The molecular weight excluding hydrogens is 286 g/mol. The molecule has 0 aliphatic heterocycles. The highest BCUT2D eigenvalue weighted by molar-refractivity contribution is 14.1. The molecule has 0 amide bonds. The Balaban J connectivity index is 3.19. The molecule has 4 nitrogen and oxygen atoms in total. The first-order valence-corrected chi connectivity index (χ1v) is 5.17. The van der Waals surface area contributed by atoms with Crippen LogP contribution in [0.15, 0.2) is 12.1 Å². The molecule has 0 aromatic carbocycles. The average molecular weight is 296 g/mol. The Morgan fingerprint density at radius 1 is 1.25 bits per heavy atom. The van der Waals surface area contributed by atoms with Crippen LogP contribution in [0.25, 0.3) is 0 Å². The molecule has 1 aromatic rings. The molecular formula is C6H10IN4P. The van der Waals surface area contributed by atoms with Gasteiger partial charge in [0, 0.05) is 5.56 Å². The molecule has 0 unspecified atom stereocenters. The van der Waals surface area contributed by atoms with Gasteiger partial charge in [0.25, 0.3) is 0 Å². The van der Waals surface area contributed by atoms with Gasteiger partial charge in [-0.15, -0.1) is 0 Å².